The highest BCUT2D eigenvalue weighted by Gasteiger charge is 2.29. The van der Waals surface area contributed by atoms with Crippen molar-refractivity contribution >= 4 is 33.2 Å². The van der Waals surface area contributed by atoms with Gasteiger partial charge in [-0.15, -0.1) is 0 Å². The summed E-state index contributed by atoms with van der Waals surface area (Å²) in [5.74, 6) is 0.218. The first-order valence-electron chi connectivity index (χ1n) is 10.1. The lowest BCUT2D eigenvalue weighted by molar-refractivity contribution is 0.0730. The Bertz CT molecular complexity index is 1260. The quantitative estimate of drug-likeness (QED) is 0.609. The number of rotatable bonds is 5. The molecule has 11 heteroatoms. The van der Waals surface area contributed by atoms with Gasteiger partial charge in [0.25, 0.3) is 5.91 Å². The molecule has 0 atom stereocenters. The molecule has 3 aromatic rings. The Kier molecular flexibility index (Phi) is 6.13. The number of carbonyl (C=O) groups excluding carboxylic acids is 1. The molecule has 0 aliphatic carbocycles. The number of hydrogen-bond donors (Lipinski definition) is 1. The van der Waals surface area contributed by atoms with E-state index in [0.717, 1.165) is 11.4 Å². The number of ether oxygens (including phenoxy) is 1. The van der Waals surface area contributed by atoms with Crippen molar-refractivity contribution in [2.75, 3.05) is 31.6 Å². The predicted molar refractivity (Wildman–Crippen MR) is 121 cm³/mol. The van der Waals surface area contributed by atoms with Crippen LogP contribution in [0, 0.1) is 13.8 Å². The van der Waals surface area contributed by atoms with Gasteiger partial charge >= 0.3 is 0 Å². The molecule has 0 unspecified atom stereocenters. The SMILES string of the molecule is Cc1ccc(C)n1-c1c(C(=O)Nc2ccc(Cl)c(S(=O)(=O)N3CCOCC3)c2)cnn1C. The van der Waals surface area contributed by atoms with Crippen LogP contribution in [0.2, 0.25) is 5.02 Å². The summed E-state index contributed by atoms with van der Waals surface area (Å²) >= 11 is 6.22. The number of aryl methyl sites for hydroxylation is 3. The van der Waals surface area contributed by atoms with Crippen molar-refractivity contribution in [2.45, 2.75) is 18.7 Å². The number of halogens is 1. The van der Waals surface area contributed by atoms with Crippen LogP contribution in [0.15, 0.2) is 41.4 Å². The summed E-state index contributed by atoms with van der Waals surface area (Å²) in [4.78, 5) is 13.1. The van der Waals surface area contributed by atoms with Gasteiger partial charge in [0.05, 0.1) is 24.4 Å². The monoisotopic (exact) mass is 477 g/mol. The van der Waals surface area contributed by atoms with E-state index in [1.807, 2.05) is 30.5 Å². The third-order valence-electron chi connectivity index (χ3n) is 5.41. The zero-order valence-corrected chi connectivity index (χ0v) is 19.6. The van der Waals surface area contributed by atoms with Crippen LogP contribution in [-0.2, 0) is 21.8 Å². The second kappa shape index (κ2) is 8.70. The molecule has 4 rings (SSSR count). The summed E-state index contributed by atoms with van der Waals surface area (Å²) in [5.41, 5.74) is 2.61. The first-order valence-corrected chi connectivity index (χ1v) is 11.9. The molecule has 1 fully saturated rings. The average Bonchev–Trinajstić information content (AvgIpc) is 3.30. The van der Waals surface area contributed by atoms with E-state index in [0.29, 0.717) is 30.3 Å². The fourth-order valence-electron chi connectivity index (χ4n) is 3.76. The minimum absolute atomic E-state index is 0.0534. The molecule has 1 N–H and O–H groups in total. The van der Waals surface area contributed by atoms with E-state index in [9.17, 15) is 13.2 Å². The Hall–Kier alpha value is -2.66. The average molecular weight is 478 g/mol. The minimum atomic E-state index is -3.82. The van der Waals surface area contributed by atoms with E-state index < -0.39 is 15.9 Å². The number of benzene rings is 1. The van der Waals surface area contributed by atoms with Crippen molar-refractivity contribution in [2.24, 2.45) is 7.05 Å². The summed E-state index contributed by atoms with van der Waals surface area (Å²) in [5, 5.41) is 7.13. The lowest BCUT2D eigenvalue weighted by Crippen LogP contribution is -2.40. The molecule has 0 radical (unpaired) electrons. The number of morpholine rings is 1. The van der Waals surface area contributed by atoms with Gasteiger partial charge in [-0.3, -0.25) is 9.48 Å². The van der Waals surface area contributed by atoms with E-state index >= 15 is 0 Å². The Morgan fingerprint density at radius 2 is 1.78 bits per heavy atom. The first kappa shape index (κ1) is 22.5. The van der Waals surface area contributed by atoms with Gasteiger partial charge in [0.15, 0.2) is 0 Å². The number of amides is 1. The Balaban J connectivity index is 1.65. The van der Waals surface area contributed by atoms with E-state index in [1.54, 1.807) is 17.8 Å². The summed E-state index contributed by atoms with van der Waals surface area (Å²) in [6.45, 7) is 5.06. The molecular formula is C21H24ClN5O4S. The van der Waals surface area contributed by atoms with Crippen LogP contribution in [0.4, 0.5) is 5.69 Å². The van der Waals surface area contributed by atoms with Crippen molar-refractivity contribution in [3.63, 3.8) is 0 Å². The zero-order chi connectivity index (χ0) is 23.0. The Labute approximate surface area is 191 Å². The van der Waals surface area contributed by atoms with Gasteiger partial charge in [-0.1, -0.05) is 11.6 Å². The topological polar surface area (TPSA) is 98.5 Å². The second-order valence-corrected chi connectivity index (χ2v) is 9.89. The van der Waals surface area contributed by atoms with E-state index in [4.69, 9.17) is 16.3 Å². The van der Waals surface area contributed by atoms with E-state index in [-0.39, 0.29) is 23.0 Å². The summed E-state index contributed by atoms with van der Waals surface area (Å²) < 4.78 is 36.3. The van der Waals surface area contributed by atoms with Crippen LogP contribution in [0.1, 0.15) is 21.7 Å². The highest BCUT2D eigenvalue weighted by molar-refractivity contribution is 7.89. The van der Waals surface area contributed by atoms with Gasteiger partial charge in [-0.2, -0.15) is 9.40 Å². The van der Waals surface area contributed by atoms with E-state index in [1.165, 1.54) is 22.6 Å². The largest absolute Gasteiger partial charge is 0.379 e. The van der Waals surface area contributed by atoms with E-state index in [2.05, 4.69) is 10.4 Å². The summed E-state index contributed by atoms with van der Waals surface area (Å²) in [6, 6.07) is 8.35. The lowest BCUT2D eigenvalue weighted by atomic mass is 10.2. The molecular weight excluding hydrogens is 454 g/mol. The molecule has 170 valence electrons. The molecule has 3 heterocycles. The van der Waals surface area contributed by atoms with Gasteiger partial charge in [0.2, 0.25) is 10.0 Å². The number of anilines is 1. The van der Waals surface area contributed by atoms with Crippen molar-refractivity contribution in [1.82, 2.24) is 18.7 Å². The maximum Gasteiger partial charge on any atom is 0.261 e. The minimum Gasteiger partial charge on any atom is -0.379 e. The number of hydrogen-bond acceptors (Lipinski definition) is 5. The molecule has 0 spiro atoms. The van der Waals surface area contributed by atoms with Crippen molar-refractivity contribution in [3.05, 3.63) is 58.5 Å². The van der Waals surface area contributed by atoms with Gasteiger partial charge in [0.1, 0.15) is 16.3 Å². The fourth-order valence-corrected chi connectivity index (χ4v) is 5.67. The highest BCUT2D eigenvalue weighted by atomic mass is 35.5. The molecule has 9 nitrogen and oxygen atoms in total. The molecule has 32 heavy (non-hydrogen) atoms. The zero-order valence-electron chi connectivity index (χ0n) is 18.0. The lowest BCUT2D eigenvalue weighted by Gasteiger charge is -2.26. The standard InChI is InChI=1S/C21H24ClN5O4S/c1-14-4-5-15(2)27(14)21-17(13-23-25(21)3)20(28)24-16-6-7-18(22)19(12-16)32(29,30)26-8-10-31-11-9-26/h4-7,12-13H,8-11H2,1-3H3,(H,24,28). The normalized spacial score (nSPS) is 15.1. The number of nitrogens with one attached hydrogen (secondary N) is 1. The number of aromatic nitrogens is 3. The van der Waals surface area contributed by atoms with Crippen LogP contribution >= 0.6 is 11.6 Å². The third kappa shape index (κ3) is 4.06. The number of nitrogens with zero attached hydrogens (tertiary/aromatic N) is 4. The van der Waals surface area contributed by atoms with Gasteiger partial charge in [-0.25, -0.2) is 8.42 Å². The smallest absolute Gasteiger partial charge is 0.261 e. The highest BCUT2D eigenvalue weighted by Crippen LogP contribution is 2.29. The third-order valence-corrected chi connectivity index (χ3v) is 7.79. The Morgan fingerprint density at radius 1 is 1.12 bits per heavy atom. The first-order chi connectivity index (χ1) is 15.2. The maximum absolute atomic E-state index is 13.1. The maximum atomic E-state index is 13.1. The number of carbonyl (C=O) groups is 1. The van der Waals surface area contributed by atoms with Crippen molar-refractivity contribution in [1.29, 1.82) is 0 Å². The molecule has 1 amide bonds. The van der Waals surface area contributed by atoms with Crippen molar-refractivity contribution in [3.8, 4) is 5.82 Å². The predicted octanol–water partition coefficient (Wildman–Crippen LogP) is 2.75. The molecule has 1 saturated heterocycles. The van der Waals surface area contributed by atoms with Crippen LogP contribution in [0.3, 0.4) is 0 Å². The van der Waals surface area contributed by atoms with Crippen molar-refractivity contribution < 1.29 is 17.9 Å². The molecule has 2 aromatic heterocycles. The van der Waals surface area contributed by atoms with Gasteiger partial charge in [0, 0.05) is 37.2 Å². The fraction of sp³-hybridized carbons (Fsp3) is 0.333. The van der Waals surface area contributed by atoms with Gasteiger partial charge in [-0.05, 0) is 44.2 Å². The van der Waals surface area contributed by atoms with Gasteiger partial charge < -0.3 is 14.6 Å². The number of sulfonamides is 1. The second-order valence-electron chi connectivity index (χ2n) is 7.57. The Morgan fingerprint density at radius 3 is 2.44 bits per heavy atom. The molecule has 1 aliphatic rings. The molecule has 0 saturated carbocycles. The summed E-state index contributed by atoms with van der Waals surface area (Å²) in [7, 11) is -2.05. The van der Waals surface area contributed by atoms with Crippen LogP contribution in [-0.4, -0.2) is 59.3 Å². The van der Waals surface area contributed by atoms with Crippen LogP contribution < -0.4 is 5.32 Å². The summed E-state index contributed by atoms with van der Waals surface area (Å²) in [6.07, 6.45) is 1.49. The molecule has 1 aromatic carbocycles. The van der Waals surface area contributed by atoms with Crippen LogP contribution in [0.5, 0.6) is 0 Å². The molecule has 0 bridgehead atoms. The molecule has 1 aliphatic heterocycles. The van der Waals surface area contributed by atoms with Crippen LogP contribution in [0.25, 0.3) is 5.82 Å².